The van der Waals surface area contributed by atoms with Crippen LogP contribution in [0.5, 0.6) is 0 Å². The minimum atomic E-state index is -0.557. The molecule has 4 rings (SSSR count). The highest BCUT2D eigenvalue weighted by molar-refractivity contribution is 6.07. The van der Waals surface area contributed by atoms with E-state index in [1.807, 2.05) is 30.3 Å². The van der Waals surface area contributed by atoms with Crippen LogP contribution in [0.1, 0.15) is 5.56 Å². The van der Waals surface area contributed by atoms with Gasteiger partial charge in [0, 0.05) is 16.5 Å². The fraction of sp³-hybridized carbons (Fsp3) is 0.0909. The van der Waals surface area contributed by atoms with E-state index in [-0.39, 0.29) is 12.2 Å². The van der Waals surface area contributed by atoms with Crippen molar-refractivity contribution in [2.75, 3.05) is 11.9 Å². The topological polar surface area (TPSA) is 68.5 Å². The van der Waals surface area contributed by atoms with Gasteiger partial charge in [-0.15, -0.1) is 0 Å². The van der Waals surface area contributed by atoms with Gasteiger partial charge in [0.05, 0.1) is 6.42 Å². The van der Waals surface area contributed by atoms with Gasteiger partial charge in [0.1, 0.15) is 17.0 Å². The molecular formula is C22H16FNO4. The Balaban J connectivity index is 1.37. The van der Waals surface area contributed by atoms with Crippen molar-refractivity contribution >= 4 is 39.5 Å². The van der Waals surface area contributed by atoms with E-state index >= 15 is 0 Å². The number of fused-ring (bicyclic) bond motifs is 3. The number of carbonyl (C=O) groups excluding carboxylic acids is 2. The van der Waals surface area contributed by atoms with Crippen LogP contribution in [0.2, 0.25) is 0 Å². The highest BCUT2D eigenvalue weighted by atomic mass is 19.1. The molecule has 3 aromatic carbocycles. The summed E-state index contributed by atoms with van der Waals surface area (Å²) in [7, 11) is 0. The molecule has 1 amide bonds. The second-order valence-corrected chi connectivity index (χ2v) is 6.32. The van der Waals surface area contributed by atoms with Crippen molar-refractivity contribution in [3.05, 3.63) is 78.1 Å². The molecule has 5 nitrogen and oxygen atoms in total. The van der Waals surface area contributed by atoms with E-state index in [1.165, 1.54) is 24.3 Å². The van der Waals surface area contributed by atoms with Crippen LogP contribution in [-0.2, 0) is 20.7 Å². The zero-order valence-corrected chi connectivity index (χ0v) is 14.8. The van der Waals surface area contributed by atoms with Crippen molar-refractivity contribution in [1.82, 2.24) is 0 Å². The molecule has 1 aromatic heterocycles. The summed E-state index contributed by atoms with van der Waals surface area (Å²) in [6.45, 7) is -0.399. The highest BCUT2D eigenvalue weighted by Crippen LogP contribution is 2.30. The van der Waals surface area contributed by atoms with Gasteiger partial charge in [-0.05, 0) is 42.0 Å². The van der Waals surface area contributed by atoms with E-state index in [4.69, 9.17) is 9.15 Å². The molecule has 0 aliphatic rings. The molecule has 0 aliphatic heterocycles. The molecule has 0 radical (unpaired) electrons. The van der Waals surface area contributed by atoms with E-state index in [0.29, 0.717) is 11.3 Å². The lowest BCUT2D eigenvalue weighted by molar-refractivity contribution is -0.146. The molecular weight excluding hydrogens is 361 g/mol. The van der Waals surface area contributed by atoms with E-state index in [9.17, 15) is 14.0 Å². The van der Waals surface area contributed by atoms with Crippen LogP contribution in [-0.4, -0.2) is 18.5 Å². The molecule has 0 aliphatic carbocycles. The van der Waals surface area contributed by atoms with E-state index < -0.39 is 18.5 Å². The quantitative estimate of drug-likeness (QED) is 0.522. The Hall–Kier alpha value is -3.67. The maximum absolute atomic E-state index is 12.9. The maximum atomic E-state index is 12.9. The van der Waals surface area contributed by atoms with E-state index in [0.717, 1.165) is 21.9 Å². The maximum Gasteiger partial charge on any atom is 0.310 e. The molecule has 28 heavy (non-hydrogen) atoms. The van der Waals surface area contributed by atoms with Crippen molar-refractivity contribution in [2.45, 2.75) is 6.42 Å². The molecule has 0 bridgehead atoms. The second kappa shape index (κ2) is 7.52. The van der Waals surface area contributed by atoms with E-state index in [1.54, 1.807) is 12.1 Å². The van der Waals surface area contributed by atoms with Gasteiger partial charge < -0.3 is 14.5 Å². The van der Waals surface area contributed by atoms with Crippen molar-refractivity contribution in [3.8, 4) is 0 Å². The Morgan fingerprint density at radius 1 is 0.929 bits per heavy atom. The first kappa shape index (κ1) is 17.7. The minimum absolute atomic E-state index is 0.0273. The molecule has 4 aromatic rings. The van der Waals surface area contributed by atoms with Gasteiger partial charge in [-0.3, -0.25) is 9.59 Å². The molecule has 0 saturated heterocycles. The number of nitrogens with one attached hydrogen (secondary N) is 1. The Bertz CT molecular complexity index is 1160. The third kappa shape index (κ3) is 3.86. The van der Waals surface area contributed by atoms with Crippen LogP contribution in [0.4, 0.5) is 10.1 Å². The predicted molar refractivity (Wildman–Crippen MR) is 103 cm³/mol. The van der Waals surface area contributed by atoms with Crippen LogP contribution in [0.25, 0.3) is 21.9 Å². The lowest BCUT2D eigenvalue weighted by atomic mass is 10.1. The zero-order valence-electron chi connectivity index (χ0n) is 14.8. The predicted octanol–water partition coefficient (Wildman–Crippen LogP) is 4.45. The number of carbonyl (C=O) groups is 2. The minimum Gasteiger partial charge on any atom is -0.456 e. The SMILES string of the molecule is O=C(COC(=O)Cc1ccc(F)cc1)Nc1ccc2oc3ccccc3c2c1. The lowest BCUT2D eigenvalue weighted by Gasteiger charge is -2.07. The number of hydrogen-bond donors (Lipinski definition) is 1. The van der Waals surface area contributed by atoms with Crippen molar-refractivity contribution in [2.24, 2.45) is 0 Å². The Morgan fingerprint density at radius 3 is 2.50 bits per heavy atom. The fourth-order valence-corrected chi connectivity index (χ4v) is 2.97. The van der Waals surface area contributed by atoms with Crippen LogP contribution in [0.15, 0.2) is 71.1 Å². The monoisotopic (exact) mass is 377 g/mol. The largest absolute Gasteiger partial charge is 0.456 e. The Kier molecular flexibility index (Phi) is 4.76. The van der Waals surface area contributed by atoms with Gasteiger partial charge in [0.2, 0.25) is 0 Å². The summed E-state index contributed by atoms with van der Waals surface area (Å²) in [5.41, 5.74) is 2.70. The number of para-hydroxylation sites is 1. The van der Waals surface area contributed by atoms with Crippen molar-refractivity contribution in [1.29, 1.82) is 0 Å². The summed E-state index contributed by atoms with van der Waals surface area (Å²) in [6.07, 6.45) is -0.0273. The van der Waals surface area contributed by atoms with Crippen LogP contribution in [0, 0.1) is 5.82 Å². The van der Waals surface area contributed by atoms with Crippen LogP contribution in [0.3, 0.4) is 0 Å². The van der Waals surface area contributed by atoms with Crippen LogP contribution < -0.4 is 5.32 Å². The normalized spacial score (nSPS) is 10.9. The summed E-state index contributed by atoms with van der Waals surface area (Å²) in [4.78, 5) is 23.9. The number of hydrogen-bond acceptors (Lipinski definition) is 4. The summed E-state index contributed by atoms with van der Waals surface area (Å²) in [6, 6.07) is 18.5. The smallest absolute Gasteiger partial charge is 0.310 e. The molecule has 1 N–H and O–H groups in total. The first-order valence-electron chi connectivity index (χ1n) is 8.70. The van der Waals surface area contributed by atoms with Gasteiger partial charge in [-0.25, -0.2) is 4.39 Å². The van der Waals surface area contributed by atoms with Gasteiger partial charge in [0.25, 0.3) is 5.91 Å². The highest BCUT2D eigenvalue weighted by Gasteiger charge is 2.11. The molecule has 0 spiro atoms. The number of amides is 1. The first-order valence-corrected chi connectivity index (χ1v) is 8.70. The summed E-state index contributed by atoms with van der Waals surface area (Å²) in [5, 5.41) is 4.56. The third-order valence-electron chi connectivity index (χ3n) is 4.29. The molecule has 0 saturated carbocycles. The van der Waals surface area contributed by atoms with Gasteiger partial charge in [-0.2, -0.15) is 0 Å². The fourth-order valence-electron chi connectivity index (χ4n) is 2.97. The standard InChI is InChI=1S/C22H16FNO4/c23-15-7-5-14(6-8-15)11-22(26)27-13-21(25)24-16-9-10-20-18(12-16)17-3-1-2-4-19(17)28-20/h1-10,12H,11,13H2,(H,24,25). The first-order chi connectivity index (χ1) is 13.6. The van der Waals surface area contributed by atoms with Crippen LogP contribution >= 0.6 is 0 Å². The molecule has 140 valence electrons. The molecule has 1 heterocycles. The van der Waals surface area contributed by atoms with E-state index in [2.05, 4.69) is 5.32 Å². The zero-order chi connectivity index (χ0) is 19.5. The number of furan rings is 1. The Morgan fingerprint density at radius 2 is 1.68 bits per heavy atom. The Labute approximate surface area is 159 Å². The number of esters is 1. The van der Waals surface area contributed by atoms with Crippen molar-refractivity contribution < 1.29 is 23.1 Å². The second-order valence-electron chi connectivity index (χ2n) is 6.32. The van der Waals surface area contributed by atoms with Gasteiger partial charge in [0.15, 0.2) is 6.61 Å². The number of halogens is 1. The van der Waals surface area contributed by atoms with Crippen molar-refractivity contribution in [3.63, 3.8) is 0 Å². The third-order valence-corrected chi connectivity index (χ3v) is 4.29. The summed E-state index contributed by atoms with van der Waals surface area (Å²) >= 11 is 0. The summed E-state index contributed by atoms with van der Waals surface area (Å²) in [5.74, 6) is -1.38. The molecule has 6 heteroatoms. The average molecular weight is 377 g/mol. The lowest BCUT2D eigenvalue weighted by Crippen LogP contribution is -2.21. The number of anilines is 1. The number of ether oxygens (including phenoxy) is 1. The summed E-state index contributed by atoms with van der Waals surface area (Å²) < 4.78 is 23.6. The molecule has 0 fully saturated rings. The molecule has 0 atom stereocenters. The number of benzene rings is 3. The van der Waals surface area contributed by atoms with Gasteiger partial charge in [-0.1, -0.05) is 30.3 Å². The molecule has 0 unspecified atom stereocenters. The van der Waals surface area contributed by atoms with Gasteiger partial charge >= 0.3 is 5.97 Å². The number of rotatable bonds is 5. The average Bonchev–Trinajstić information content (AvgIpc) is 3.06.